The number of hydrazone groups is 1. The van der Waals surface area contributed by atoms with Gasteiger partial charge in [0.05, 0.1) is 28.8 Å². The molecular formula is C27H20N6O3S2. The Hall–Kier alpha value is -4.63. The molecule has 11 heteroatoms. The van der Waals surface area contributed by atoms with E-state index in [0.717, 1.165) is 16.3 Å². The number of nitrogens with two attached hydrogens (primary N) is 1. The maximum Gasteiger partial charge on any atom is 0.279 e. The maximum absolute atomic E-state index is 13.5. The minimum atomic E-state index is -3.81. The smallest absolute Gasteiger partial charge is 0.279 e. The molecule has 0 saturated heterocycles. The Bertz CT molecular complexity index is 1780. The SMILES string of the molecule is N#Cc1ccc2c(c1)C(=NNC(=S)Nc1ccc(S(N)(=O)=O)cc1)C(=O)N2Cc1ccc2ccccc2c1. The number of nitrogens with zero attached hydrogens (tertiary/aromatic N) is 3. The van der Waals surface area contributed by atoms with E-state index in [1.165, 1.54) is 24.3 Å². The Morgan fingerprint density at radius 1 is 1.00 bits per heavy atom. The Morgan fingerprint density at radius 3 is 2.45 bits per heavy atom. The van der Waals surface area contributed by atoms with Gasteiger partial charge in [-0.25, -0.2) is 13.6 Å². The van der Waals surface area contributed by atoms with Crippen LogP contribution in [0.4, 0.5) is 11.4 Å². The summed E-state index contributed by atoms with van der Waals surface area (Å²) in [6.45, 7) is 0.320. The van der Waals surface area contributed by atoms with Crippen LogP contribution >= 0.6 is 12.2 Å². The number of amides is 1. The fourth-order valence-corrected chi connectivity index (χ4v) is 4.84. The Morgan fingerprint density at radius 2 is 1.74 bits per heavy atom. The van der Waals surface area contributed by atoms with Gasteiger partial charge in [-0.15, -0.1) is 0 Å². The number of anilines is 2. The maximum atomic E-state index is 13.5. The van der Waals surface area contributed by atoms with Gasteiger partial charge in [0.15, 0.2) is 10.8 Å². The fourth-order valence-electron chi connectivity index (χ4n) is 4.16. The molecule has 188 valence electrons. The molecule has 1 heterocycles. The van der Waals surface area contributed by atoms with Gasteiger partial charge in [-0.1, -0.05) is 36.4 Å². The van der Waals surface area contributed by atoms with Crippen molar-refractivity contribution in [3.05, 3.63) is 102 Å². The second-order valence-electron chi connectivity index (χ2n) is 8.51. The van der Waals surface area contributed by atoms with Crippen LogP contribution in [-0.4, -0.2) is 25.1 Å². The zero-order valence-corrected chi connectivity index (χ0v) is 21.4. The lowest BCUT2D eigenvalue weighted by atomic mass is 10.1. The third-order valence-electron chi connectivity index (χ3n) is 5.98. The second kappa shape index (κ2) is 10.0. The summed E-state index contributed by atoms with van der Waals surface area (Å²) in [5.74, 6) is -0.337. The van der Waals surface area contributed by atoms with E-state index in [1.807, 2.05) is 42.5 Å². The monoisotopic (exact) mass is 540 g/mol. The molecule has 0 bridgehead atoms. The van der Waals surface area contributed by atoms with Gasteiger partial charge in [0.25, 0.3) is 5.91 Å². The highest BCUT2D eigenvalue weighted by Crippen LogP contribution is 2.32. The third kappa shape index (κ3) is 5.09. The number of nitrogens with one attached hydrogen (secondary N) is 2. The van der Waals surface area contributed by atoms with Crippen LogP contribution in [0, 0.1) is 11.3 Å². The molecule has 0 saturated carbocycles. The molecule has 0 aliphatic carbocycles. The number of carbonyl (C=O) groups excluding carboxylic acids is 1. The van der Waals surface area contributed by atoms with E-state index in [2.05, 4.69) is 21.9 Å². The van der Waals surface area contributed by atoms with Crippen molar-refractivity contribution in [1.82, 2.24) is 5.43 Å². The predicted octanol–water partition coefficient (Wildman–Crippen LogP) is 3.60. The van der Waals surface area contributed by atoms with Gasteiger partial charge in [0.2, 0.25) is 10.0 Å². The summed E-state index contributed by atoms with van der Waals surface area (Å²) in [7, 11) is -3.81. The van der Waals surface area contributed by atoms with Crippen molar-refractivity contribution in [2.24, 2.45) is 10.2 Å². The van der Waals surface area contributed by atoms with E-state index in [9.17, 15) is 18.5 Å². The summed E-state index contributed by atoms with van der Waals surface area (Å²) in [4.78, 5) is 15.1. The molecule has 9 nitrogen and oxygen atoms in total. The minimum Gasteiger partial charge on any atom is -0.331 e. The van der Waals surface area contributed by atoms with Crippen LogP contribution in [0.2, 0.25) is 0 Å². The standard InChI is InChI=1S/C27H20N6O3S2/c28-15-17-6-12-24-23(14-17)25(31-32-27(37)30-21-8-10-22(11-9-21)38(29,35)36)26(34)33(24)16-18-5-7-19-3-1-2-4-20(19)13-18/h1-14H,16H2,(H2,29,35,36)(H2,30,32,37). The molecule has 0 radical (unpaired) electrons. The first-order valence-corrected chi connectivity index (χ1v) is 13.3. The highest BCUT2D eigenvalue weighted by Gasteiger charge is 2.34. The summed E-state index contributed by atoms with van der Waals surface area (Å²) in [6.07, 6.45) is 0. The number of fused-ring (bicyclic) bond motifs is 2. The largest absolute Gasteiger partial charge is 0.331 e. The molecule has 0 unspecified atom stereocenters. The predicted molar refractivity (Wildman–Crippen MR) is 150 cm³/mol. The average Bonchev–Trinajstić information content (AvgIpc) is 3.16. The summed E-state index contributed by atoms with van der Waals surface area (Å²) in [6, 6.07) is 26.8. The van der Waals surface area contributed by atoms with Crippen LogP contribution in [0.15, 0.2) is 94.9 Å². The Balaban J connectivity index is 1.38. The van der Waals surface area contributed by atoms with Crippen molar-refractivity contribution in [2.45, 2.75) is 11.4 Å². The normalized spacial score (nSPS) is 13.8. The van der Waals surface area contributed by atoms with E-state index in [4.69, 9.17) is 17.4 Å². The molecule has 38 heavy (non-hydrogen) atoms. The topological polar surface area (TPSA) is 141 Å². The lowest BCUT2D eigenvalue weighted by molar-refractivity contribution is -0.112. The van der Waals surface area contributed by atoms with Crippen molar-refractivity contribution >= 4 is 61.1 Å². The molecule has 0 fully saturated rings. The highest BCUT2D eigenvalue weighted by atomic mass is 32.2. The van der Waals surface area contributed by atoms with E-state index < -0.39 is 10.0 Å². The summed E-state index contributed by atoms with van der Waals surface area (Å²) in [5.41, 5.74) is 5.78. The first-order chi connectivity index (χ1) is 18.2. The fraction of sp³-hybridized carbons (Fsp3) is 0.0370. The van der Waals surface area contributed by atoms with Crippen LogP contribution in [0.3, 0.4) is 0 Å². The zero-order chi connectivity index (χ0) is 26.9. The number of primary sulfonamides is 1. The number of carbonyl (C=O) groups is 1. The molecular weight excluding hydrogens is 520 g/mol. The van der Waals surface area contributed by atoms with Gasteiger partial charge in [0.1, 0.15) is 0 Å². The average molecular weight is 541 g/mol. The number of hydrogen-bond acceptors (Lipinski definition) is 6. The van der Waals surface area contributed by atoms with Crippen molar-refractivity contribution in [3.8, 4) is 6.07 Å². The molecule has 4 aromatic carbocycles. The van der Waals surface area contributed by atoms with Gasteiger partial charge in [-0.05, 0) is 77.1 Å². The van der Waals surface area contributed by atoms with E-state index in [0.29, 0.717) is 29.0 Å². The second-order valence-corrected chi connectivity index (χ2v) is 10.5. The Labute approximate surface area is 224 Å². The molecule has 4 N–H and O–H groups in total. The number of nitriles is 1. The van der Waals surface area contributed by atoms with Crippen LogP contribution in [-0.2, 0) is 21.4 Å². The van der Waals surface area contributed by atoms with E-state index in [-0.39, 0.29) is 21.6 Å². The molecule has 1 amide bonds. The molecule has 4 aromatic rings. The minimum absolute atomic E-state index is 0.0323. The number of rotatable bonds is 5. The molecule has 0 spiro atoms. The first kappa shape index (κ1) is 25.0. The van der Waals surface area contributed by atoms with Crippen molar-refractivity contribution in [1.29, 1.82) is 5.26 Å². The van der Waals surface area contributed by atoms with Crippen LogP contribution in [0.5, 0.6) is 0 Å². The molecule has 0 aromatic heterocycles. The number of hydrogen-bond donors (Lipinski definition) is 3. The van der Waals surface area contributed by atoms with Crippen LogP contribution in [0.25, 0.3) is 10.8 Å². The van der Waals surface area contributed by atoms with Crippen LogP contribution < -0.4 is 20.8 Å². The molecule has 0 atom stereocenters. The number of benzene rings is 4. The third-order valence-corrected chi connectivity index (χ3v) is 7.11. The summed E-state index contributed by atoms with van der Waals surface area (Å²) < 4.78 is 22.9. The number of thiocarbonyl (C=S) groups is 1. The van der Waals surface area contributed by atoms with Crippen molar-refractivity contribution in [2.75, 3.05) is 10.2 Å². The number of sulfonamides is 1. The van der Waals surface area contributed by atoms with Gasteiger partial charge >= 0.3 is 0 Å². The highest BCUT2D eigenvalue weighted by molar-refractivity contribution is 7.89. The van der Waals surface area contributed by atoms with Crippen LogP contribution in [0.1, 0.15) is 16.7 Å². The van der Waals surface area contributed by atoms with E-state index in [1.54, 1.807) is 23.1 Å². The van der Waals surface area contributed by atoms with Crippen molar-refractivity contribution < 1.29 is 13.2 Å². The quantitative estimate of drug-likeness (QED) is 0.259. The van der Waals surface area contributed by atoms with Gasteiger partial charge < -0.3 is 10.2 Å². The van der Waals surface area contributed by atoms with Crippen molar-refractivity contribution in [3.63, 3.8) is 0 Å². The molecule has 5 rings (SSSR count). The summed E-state index contributed by atoms with van der Waals surface area (Å²) in [5, 5.41) is 23.9. The lowest BCUT2D eigenvalue weighted by Crippen LogP contribution is -2.32. The van der Waals surface area contributed by atoms with Gasteiger partial charge in [0, 0.05) is 11.3 Å². The van der Waals surface area contributed by atoms with Gasteiger partial charge in [-0.3, -0.25) is 10.2 Å². The zero-order valence-electron chi connectivity index (χ0n) is 19.8. The Kier molecular flexibility index (Phi) is 6.61. The lowest BCUT2D eigenvalue weighted by Gasteiger charge is -2.17. The molecule has 1 aliphatic rings. The van der Waals surface area contributed by atoms with E-state index >= 15 is 0 Å². The van der Waals surface area contributed by atoms with Gasteiger partial charge in [-0.2, -0.15) is 10.4 Å². The molecule has 1 aliphatic heterocycles. The summed E-state index contributed by atoms with van der Waals surface area (Å²) >= 11 is 5.29. The first-order valence-electron chi connectivity index (χ1n) is 11.3.